The molecule has 4 nitrogen and oxygen atoms in total. The number of rotatable bonds is 3. The standard InChI is InChI=1S/C14H16N2O2/c1-16(2)13-11(10-7-5-4-6-8-10)9-15-12(13)14(17)18-3/h4-9,15H,1-3H3. The number of anilines is 1. The van der Waals surface area contributed by atoms with Crippen molar-refractivity contribution in [3.63, 3.8) is 0 Å². The van der Waals surface area contributed by atoms with Gasteiger partial charge in [0, 0.05) is 25.9 Å². The van der Waals surface area contributed by atoms with E-state index in [1.807, 2.05) is 55.5 Å². The van der Waals surface area contributed by atoms with E-state index in [-0.39, 0.29) is 5.97 Å². The van der Waals surface area contributed by atoms with Crippen LogP contribution in [0.2, 0.25) is 0 Å². The molecule has 0 bridgehead atoms. The molecule has 0 spiro atoms. The zero-order valence-electron chi connectivity index (χ0n) is 10.7. The molecule has 0 radical (unpaired) electrons. The molecule has 1 aromatic heterocycles. The minimum absolute atomic E-state index is 0.360. The molecule has 4 heteroatoms. The van der Waals surface area contributed by atoms with Crippen LogP contribution in [0.25, 0.3) is 11.1 Å². The number of aromatic nitrogens is 1. The topological polar surface area (TPSA) is 45.3 Å². The van der Waals surface area contributed by atoms with Crippen molar-refractivity contribution in [1.82, 2.24) is 4.98 Å². The van der Waals surface area contributed by atoms with Gasteiger partial charge in [0.05, 0.1) is 12.8 Å². The average molecular weight is 244 g/mol. The van der Waals surface area contributed by atoms with Crippen LogP contribution in [0.5, 0.6) is 0 Å². The molecule has 0 saturated heterocycles. The van der Waals surface area contributed by atoms with E-state index in [9.17, 15) is 4.79 Å². The maximum atomic E-state index is 11.7. The van der Waals surface area contributed by atoms with E-state index in [1.165, 1.54) is 7.11 Å². The summed E-state index contributed by atoms with van der Waals surface area (Å²) >= 11 is 0. The van der Waals surface area contributed by atoms with E-state index in [1.54, 1.807) is 0 Å². The van der Waals surface area contributed by atoms with Crippen molar-refractivity contribution >= 4 is 11.7 Å². The Labute approximate surface area is 106 Å². The van der Waals surface area contributed by atoms with Crippen molar-refractivity contribution in [3.05, 3.63) is 42.2 Å². The number of methoxy groups -OCH3 is 1. The van der Waals surface area contributed by atoms with Crippen molar-refractivity contribution in [3.8, 4) is 11.1 Å². The summed E-state index contributed by atoms with van der Waals surface area (Å²) in [4.78, 5) is 16.6. The first-order chi connectivity index (χ1) is 8.65. The van der Waals surface area contributed by atoms with Gasteiger partial charge in [0.1, 0.15) is 5.69 Å². The molecule has 0 saturated carbocycles. The number of esters is 1. The zero-order chi connectivity index (χ0) is 13.1. The van der Waals surface area contributed by atoms with Crippen LogP contribution in [-0.4, -0.2) is 32.2 Å². The van der Waals surface area contributed by atoms with Gasteiger partial charge in [-0.05, 0) is 5.56 Å². The Kier molecular flexibility index (Phi) is 3.37. The van der Waals surface area contributed by atoms with E-state index in [0.717, 1.165) is 16.8 Å². The molecule has 0 aliphatic rings. The average Bonchev–Trinajstić information content (AvgIpc) is 2.83. The summed E-state index contributed by atoms with van der Waals surface area (Å²) in [6.45, 7) is 0. The molecular formula is C14H16N2O2. The quantitative estimate of drug-likeness (QED) is 0.844. The lowest BCUT2D eigenvalue weighted by atomic mass is 10.1. The van der Waals surface area contributed by atoms with Gasteiger partial charge in [-0.1, -0.05) is 30.3 Å². The van der Waals surface area contributed by atoms with Crippen molar-refractivity contribution in [2.24, 2.45) is 0 Å². The lowest BCUT2D eigenvalue weighted by molar-refractivity contribution is 0.0595. The van der Waals surface area contributed by atoms with Crippen molar-refractivity contribution in [2.75, 3.05) is 26.1 Å². The van der Waals surface area contributed by atoms with E-state index >= 15 is 0 Å². The highest BCUT2D eigenvalue weighted by molar-refractivity contribution is 5.99. The summed E-state index contributed by atoms with van der Waals surface area (Å²) < 4.78 is 4.78. The van der Waals surface area contributed by atoms with Gasteiger partial charge in [0.2, 0.25) is 0 Å². The first-order valence-corrected chi connectivity index (χ1v) is 5.67. The largest absolute Gasteiger partial charge is 0.464 e. The highest BCUT2D eigenvalue weighted by Gasteiger charge is 2.20. The molecule has 94 valence electrons. The Balaban J connectivity index is 2.56. The summed E-state index contributed by atoms with van der Waals surface area (Å²) in [6, 6.07) is 9.93. The Hall–Kier alpha value is -2.23. The van der Waals surface area contributed by atoms with Gasteiger partial charge in [0.25, 0.3) is 0 Å². The molecule has 1 heterocycles. The first kappa shape index (κ1) is 12.2. The predicted molar refractivity (Wildman–Crippen MR) is 71.9 cm³/mol. The summed E-state index contributed by atoms with van der Waals surface area (Å²) in [6.07, 6.45) is 1.83. The smallest absolute Gasteiger partial charge is 0.356 e. The number of hydrogen-bond donors (Lipinski definition) is 1. The van der Waals surface area contributed by atoms with Crippen molar-refractivity contribution in [1.29, 1.82) is 0 Å². The highest BCUT2D eigenvalue weighted by Crippen LogP contribution is 2.33. The number of ether oxygens (including phenoxy) is 1. The fourth-order valence-electron chi connectivity index (χ4n) is 1.98. The maximum absolute atomic E-state index is 11.7. The van der Waals surface area contributed by atoms with Gasteiger partial charge in [-0.3, -0.25) is 0 Å². The molecule has 0 unspecified atom stereocenters. The van der Waals surface area contributed by atoms with Crippen molar-refractivity contribution in [2.45, 2.75) is 0 Å². The Morgan fingerprint density at radius 1 is 1.22 bits per heavy atom. The molecule has 1 aromatic carbocycles. The van der Waals surface area contributed by atoms with Crippen LogP contribution in [-0.2, 0) is 4.74 Å². The van der Waals surface area contributed by atoms with Gasteiger partial charge >= 0.3 is 5.97 Å². The van der Waals surface area contributed by atoms with Gasteiger partial charge in [0.15, 0.2) is 0 Å². The number of nitrogens with one attached hydrogen (secondary N) is 1. The number of aromatic amines is 1. The number of H-pyrrole nitrogens is 1. The summed E-state index contributed by atoms with van der Waals surface area (Å²) in [5.41, 5.74) is 3.36. The van der Waals surface area contributed by atoms with Crippen LogP contribution >= 0.6 is 0 Å². The lowest BCUT2D eigenvalue weighted by Gasteiger charge is -2.15. The molecule has 0 atom stereocenters. The van der Waals surface area contributed by atoms with Gasteiger partial charge in [-0.2, -0.15) is 0 Å². The highest BCUT2D eigenvalue weighted by atomic mass is 16.5. The Morgan fingerprint density at radius 2 is 1.89 bits per heavy atom. The molecule has 1 N–H and O–H groups in total. The fourth-order valence-corrected chi connectivity index (χ4v) is 1.98. The van der Waals surface area contributed by atoms with Gasteiger partial charge in [-0.15, -0.1) is 0 Å². The zero-order valence-corrected chi connectivity index (χ0v) is 10.7. The Morgan fingerprint density at radius 3 is 2.44 bits per heavy atom. The predicted octanol–water partition coefficient (Wildman–Crippen LogP) is 2.53. The third-order valence-electron chi connectivity index (χ3n) is 2.77. The molecule has 0 fully saturated rings. The van der Waals surface area contributed by atoms with Crippen LogP contribution < -0.4 is 4.90 Å². The summed E-state index contributed by atoms with van der Waals surface area (Å²) in [5.74, 6) is -0.360. The second-order valence-electron chi connectivity index (χ2n) is 4.18. The van der Waals surface area contributed by atoms with Gasteiger partial charge < -0.3 is 14.6 Å². The van der Waals surface area contributed by atoms with Crippen LogP contribution in [0.15, 0.2) is 36.5 Å². The normalized spacial score (nSPS) is 10.2. The summed E-state index contributed by atoms with van der Waals surface area (Å²) in [5, 5.41) is 0. The van der Waals surface area contributed by atoms with Crippen LogP contribution in [0.4, 0.5) is 5.69 Å². The minimum Gasteiger partial charge on any atom is -0.464 e. The number of carbonyl (C=O) groups is 1. The molecule has 18 heavy (non-hydrogen) atoms. The molecule has 0 aliphatic heterocycles. The van der Waals surface area contributed by atoms with Gasteiger partial charge in [-0.25, -0.2) is 4.79 Å². The second-order valence-corrected chi connectivity index (χ2v) is 4.18. The van der Waals surface area contributed by atoms with E-state index in [0.29, 0.717) is 5.69 Å². The molecule has 2 aromatic rings. The molecule has 2 rings (SSSR count). The van der Waals surface area contributed by atoms with Crippen molar-refractivity contribution < 1.29 is 9.53 Å². The van der Waals surface area contributed by atoms with Crippen LogP contribution in [0.1, 0.15) is 10.5 Å². The number of carbonyl (C=O) groups excluding carboxylic acids is 1. The second kappa shape index (κ2) is 4.96. The van der Waals surface area contributed by atoms with E-state index in [4.69, 9.17) is 4.74 Å². The molecule has 0 aliphatic carbocycles. The number of hydrogen-bond acceptors (Lipinski definition) is 3. The SMILES string of the molecule is COC(=O)c1[nH]cc(-c2ccccc2)c1N(C)C. The van der Waals surface area contributed by atoms with Crippen LogP contribution in [0, 0.1) is 0 Å². The van der Waals surface area contributed by atoms with E-state index in [2.05, 4.69) is 4.98 Å². The third kappa shape index (κ3) is 2.09. The molecule has 0 amide bonds. The monoisotopic (exact) mass is 244 g/mol. The minimum atomic E-state index is -0.360. The number of benzene rings is 1. The lowest BCUT2D eigenvalue weighted by Crippen LogP contribution is -2.14. The maximum Gasteiger partial charge on any atom is 0.356 e. The van der Waals surface area contributed by atoms with Crippen LogP contribution in [0.3, 0.4) is 0 Å². The first-order valence-electron chi connectivity index (χ1n) is 5.67. The molecular weight excluding hydrogens is 228 g/mol. The number of nitrogens with zero attached hydrogens (tertiary/aromatic N) is 1. The fraction of sp³-hybridized carbons (Fsp3) is 0.214. The van der Waals surface area contributed by atoms with E-state index < -0.39 is 0 Å². The third-order valence-corrected chi connectivity index (χ3v) is 2.77. The Bertz CT molecular complexity index is 544. The summed E-state index contributed by atoms with van der Waals surface area (Å²) in [7, 11) is 5.19.